The third-order valence-electron chi connectivity index (χ3n) is 5.59. The van der Waals surface area contributed by atoms with Crippen molar-refractivity contribution in [3.05, 3.63) is 92.1 Å². The van der Waals surface area contributed by atoms with Crippen LogP contribution in [0.1, 0.15) is 22.5 Å². The summed E-state index contributed by atoms with van der Waals surface area (Å²) in [7, 11) is 0. The fourth-order valence-corrected chi connectivity index (χ4v) is 4.77. The molecule has 34 heavy (non-hydrogen) atoms. The Morgan fingerprint density at radius 3 is 2.47 bits per heavy atom. The van der Waals surface area contributed by atoms with E-state index < -0.39 is 4.92 Å². The van der Waals surface area contributed by atoms with E-state index in [1.165, 1.54) is 17.0 Å². The molecule has 9 heteroatoms. The van der Waals surface area contributed by atoms with Gasteiger partial charge in [0.15, 0.2) is 0 Å². The number of aromatic nitrogens is 1. The number of thioether (sulfide) groups is 1. The van der Waals surface area contributed by atoms with Crippen LogP contribution in [0.2, 0.25) is 0 Å². The summed E-state index contributed by atoms with van der Waals surface area (Å²) < 4.78 is 7.61. The monoisotopic (exact) mass is 477 g/mol. The summed E-state index contributed by atoms with van der Waals surface area (Å²) in [6.45, 7) is 6.04. The lowest BCUT2D eigenvalue weighted by atomic mass is 10.1. The second kappa shape index (κ2) is 9.56. The molecule has 4 rings (SSSR count). The average molecular weight is 478 g/mol. The summed E-state index contributed by atoms with van der Waals surface area (Å²) in [4.78, 5) is 37.5. The number of rotatable bonds is 7. The van der Waals surface area contributed by atoms with Crippen molar-refractivity contribution < 1.29 is 19.2 Å². The van der Waals surface area contributed by atoms with E-state index in [-0.39, 0.29) is 30.0 Å². The highest BCUT2D eigenvalue weighted by atomic mass is 32.2. The van der Waals surface area contributed by atoms with Gasteiger partial charge in [0.2, 0.25) is 0 Å². The van der Waals surface area contributed by atoms with Crippen LogP contribution < -0.4 is 4.74 Å². The number of aryl methyl sites for hydroxylation is 2. The Hall–Kier alpha value is -3.85. The van der Waals surface area contributed by atoms with Crippen molar-refractivity contribution in [2.24, 2.45) is 0 Å². The minimum absolute atomic E-state index is 0.0360. The van der Waals surface area contributed by atoms with Crippen molar-refractivity contribution in [2.45, 2.75) is 20.8 Å². The van der Waals surface area contributed by atoms with Crippen LogP contribution in [0.15, 0.2) is 59.5 Å². The van der Waals surface area contributed by atoms with Gasteiger partial charge in [-0.1, -0.05) is 18.2 Å². The van der Waals surface area contributed by atoms with Crippen molar-refractivity contribution in [2.75, 3.05) is 13.2 Å². The van der Waals surface area contributed by atoms with Crippen molar-refractivity contribution in [1.82, 2.24) is 9.47 Å². The molecule has 1 saturated heterocycles. The molecule has 2 amide bonds. The van der Waals surface area contributed by atoms with Gasteiger partial charge in [-0.05, 0) is 74.0 Å². The van der Waals surface area contributed by atoms with Gasteiger partial charge in [0.1, 0.15) is 12.4 Å². The topological polar surface area (TPSA) is 94.7 Å². The maximum absolute atomic E-state index is 12.9. The van der Waals surface area contributed by atoms with Gasteiger partial charge in [-0.3, -0.25) is 24.6 Å². The number of hydrogen-bond acceptors (Lipinski definition) is 6. The molecule has 1 aliphatic rings. The number of non-ortho nitro benzene ring substituents is 1. The number of para-hydroxylation sites is 1. The van der Waals surface area contributed by atoms with Gasteiger partial charge in [0.25, 0.3) is 16.8 Å². The first-order valence-electron chi connectivity index (χ1n) is 10.6. The Morgan fingerprint density at radius 1 is 1.06 bits per heavy atom. The molecule has 0 saturated carbocycles. The summed E-state index contributed by atoms with van der Waals surface area (Å²) in [5.74, 6) is 0.335. The van der Waals surface area contributed by atoms with Crippen LogP contribution in [0.5, 0.6) is 5.75 Å². The lowest BCUT2D eigenvalue weighted by Gasteiger charge is -2.13. The minimum Gasteiger partial charge on any atom is -0.492 e. The Balaban J connectivity index is 1.54. The lowest BCUT2D eigenvalue weighted by molar-refractivity contribution is -0.384. The first-order chi connectivity index (χ1) is 16.3. The number of carbonyl (C=O) groups excluding carboxylic acids is 2. The molecule has 0 atom stereocenters. The smallest absolute Gasteiger partial charge is 0.293 e. The fourth-order valence-electron chi connectivity index (χ4n) is 3.91. The standard InChI is InChI=1S/C25H23N3O5S/c1-16-13-20(28(31)32)9-10-22(16)27-17(2)14-19(18(27)3)15-23-24(29)26(25(30)34-23)11-12-33-21-7-5-4-6-8-21/h4-10,13-15H,11-12H2,1-3H3/b23-15-. The summed E-state index contributed by atoms with van der Waals surface area (Å²) >= 11 is 0.910. The zero-order chi connectivity index (χ0) is 24.4. The van der Waals surface area contributed by atoms with Gasteiger partial charge in [-0.25, -0.2) is 0 Å². The molecule has 2 heterocycles. The van der Waals surface area contributed by atoms with Gasteiger partial charge in [0, 0.05) is 29.2 Å². The van der Waals surface area contributed by atoms with E-state index in [1.807, 2.05) is 61.7 Å². The van der Waals surface area contributed by atoms with Crippen molar-refractivity contribution >= 4 is 34.7 Å². The second-order valence-corrected chi connectivity index (χ2v) is 8.88. The fraction of sp³-hybridized carbons (Fsp3) is 0.200. The molecule has 1 aliphatic heterocycles. The van der Waals surface area contributed by atoms with Gasteiger partial charge in [0.05, 0.1) is 16.4 Å². The van der Waals surface area contributed by atoms with E-state index in [9.17, 15) is 19.7 Å². The highest BCUT2D eigenvalue weighted by Gasteiger charge is 2.35. The number of carbonyl (C=O) groups is 2. The lowest BCUT2D eigenvalue weighted by Crippen LogP contribution is -2.32. The van der Waals surface area contributed by atoms with Crippen LogP contribution in [0.3, 0.4) is 0 Å². The summed E-state index contributed by atoms with van der Waals surface area (Å²) in [6, 6.07) is 15.9. The SMILES string of the molecule is Cc1cc([N+](=O)[O-])ccc1-n1c(C)cc(/C=C2\SC(=O)N(CCOc3ccccc3)C2=O)c1C. The highest BCUT2D eigenvalue weighted by molar-refractivity contribution is 8.18. The number of nitrogens with zero attached hydrogens (tertiary/aromatic N) is 3. The van der Waals surface area contributed by atoms with Crippen molar-refractivity contribution in [3.63, 3.8) is 0 Å². The normalized spacial score (nSPS) is 14.8. The van der Waals surface area contributed by atoms with Gasteiger partial charge < -0.3 is 9.30 Å². The highest BCUT2D eigenvalue weighted by Crippen LogP contribution is 2.34. The molecular weight excluding hydrogens is 454 g/mol. The Morgan fingerprint density at radius 2 is 1.79 bits per heavy atom. The van der Waals surface area contributed by atoms with Crippen molar-refractivity contribution in [3.8, 4) is 11.4 Å². The summed E-state index contributed by atoms with van der Waals surface area (Å²) in [5, 5.41) is 10.7. The molecule has 0 unspecified atom stereocenters. The largest absolute Gasteiger partial charge is 0.492 e. The van der Waals surface area contributed by atoms with E-state index in [0.29, 0.717) is 10.7 Å². The molecule has 0 spiro atoms. The predicted octanol–water partition coefficient (Wildman–Crippen LogP) is 5.43. The third kappa shape index (κ3) is 4.60. The van der Waals surface area contributed by atoms with E-state index >= 15 is 0 Å². The molecule has 174 valence electrons. The minimum atomic E-state index is -0.418. The zero-order valence-electron chi connectivity index (χ0n) is 19.0. The summed E-state index contributed by atoms with van der Waals surface area (Å²) in [5.41, 5.74) is 4.22. The number of amides is 2. The maximum atomic E-state index is 12.9. The molecule has 0 N–H and O–H groups in total. The van der Waals surface area contributed by atoms with Crippen LogP contribution in [-0.2, 0) is 4.79 Å². The Kier molecular flexibility index (Phi) is 6.56. The predicted molar refractivity (Wildman–Crippen MR) is 131 cm³/mol. The average Bonchev–Trinajstić information content (AvgIpc) is 3.23. The zero-order valence-corrected chi connectivity index (χ0v) is 19.8. The molecule has 1 fully saturated rings. The number of nitro benzene ring substituents is 1. The summed E-state index contributed by atoms with van der Waals surface area (Å²) in [6.07, 6.45) is 1.72. The first kappa shape index (κ1) is 23.3. The van der Waals surface area contributed by atoms with Crippen molar-refractivity contribution in [1.29, 1.82) is 0 Å². The molecular formula is C25H23N3O5S. The Bertz CT molecular complexity index is 1310. The molecule has 0 aliphatic carbocycles. The number of benzene rings is 2. The maximum Gasteiger partial charge on any atom is 0.293 e. The number of ether oxygens (including phenoxy) is 1. The number of hydrogen-bond donors (Lipinski definition) is 0. The Labute approximate surface area is 201 Å². The molecule has 2 aromatic carbocycles. The van der Waals surface area contributed by atoms with E-state index in [2.05, 4.69) is 0 Å². The molecule has 8 nitrogen and oxygen atoms in total. The number of nitro groups is 1. The van der Waals surface area contributed by atoms with Crippen LogP contribution in [0.25, 0.3) is 11.8 Å². The van der Waals surface area contributed by atoms with E-state index in [0.717, 1.165) is 40.0 Å². The third-order valence-corrected chi connectivity index (χ3v) is 6.50. The van der Waals surface area contributed by atoms with Gasteiger partial charge >= 0.3 is 0 Å². The molecule has 1 aromatic heterocycles. The second-order valence-electron chi connectivity index (χ2n) is 7.88. The first-order valence-corrected chi connectivity index (χ1v) is 11.5. The van der Waals surface area contributed by atoms with E-state index in [4.69, 9.17) is 4.74 Å². The quantitative estimate of drug-likeness (QED) is 0.256. The molecule has 3 aromatic rings. The van der Waals surface area contributed by atoms with E-state index in [1.54, 1.807) is 12.1 Å². The molecule has 0 radical (unpaired) electrons. The number of imide groups is 1. The van der Waals surface area contributed by atoms with Gasteiger partial charge in [-0.15, -0.1) is 0 Å². The van der Waals surface area contributed by atoms with Crippen LogP contribution in [0, 0.1) is 30.9 Å². The molecule has 0 bridgehead atoms. The van der Waals surface area contributed by atoms with Gasteiger partial charge in [-0.2, -0.15) is 0 Å². The van der Waals surface area contributed by atoms with Crippen LogP contribution >= 0.6 is 11.8 Å². The van der Waals surface area contributed by atoms with Crippen LogP contribution in [0.4, 0.5) is 10.5 Å². The van der Waals surface area contributed by atoms with Crippen LogP contribution in [-0.4, -0.2) is 38.7 Å².